The highest BCUT2D eigenvalue weighted by Crippen LogP contribution is 2.35. The van der Waals surface area contributed by atoms with Crippen molar-refractivity contribution >= 4 is 21.8 Å². The highest BCUT2D eigenvalue weighted by molar-refractivity contribution is 7.87. The number of halogens is 3. The van der Waals surface area contributed by atoms with Crippen LogP contribution in [0.15, 0.2) is 24.3 Å². The number of esters is 1. The molecule has 0 amide bonds. The van der Waals surface area contributed by atoms with E-state index in [1.807, 2.05) is 0 Å². The Hall–Kier alpha value is -2.23. The summed E-state index contributed by atoms with van der Waals surface area (Å²) in [6.45, 7) is 0.115. The van der Waals surface area contributed by atoms with Gasteiger partial charge < -0.3 is 13.7 Å². The van der Waals surface area contributed by atoms with Crippen LogP contribution in [-0.4, -0.2) is 33.6 Å². The van der Waals surface area contributed by atoms with Crippen LogP contribution in [-0.2, 0) is 19.0 Å². The smallest absolute Gasteiger partial charge is 0.492 e. The van der Waals surface area contributed by atoms with Crippen LogP contribution < -0.4 is 4.74 Å². The van der Waals surface area contributed by atoms with Crippen molar-refractivity contribution in [2.24, 2.45) is 0 Å². The SMILES string of the molecule is COC(=O)c1ccc2c(c1)C(OS(=O)(=O)C(F)(F)F)=CCCO2. The van der Waals surface area contributed by atoms with Crippen LogP contribution in [0, 0.1) is 0 Å². The van der Waals surface area contributed by atoms with Crippen LogP contribution in [0.4, 0.5) is 13.2 Å². The van der Waals surface area contributed by atoms with E-state index in [2.05, 4.69) is 8.92 Å². The number of benzene rings is 1. The van der Waals surface area contributed by atoms with Crippen LogP contribution in [0.5, 0.6) is 5.75 Å². The van der Waals surface area contributed by atoms with Gasteiger partial charge in [-0.15, -0.1) is 0 Å². The fraction of sp³-hybridized carbons (Fsp3) is 0.308. The van der Waals surface area contributed by atoms with Gasteiger partial charge in [0.1, 0.15) is 11.5 Å². The van der Waals surface area contributed by atoms with Gasteiger partial charge in [-0.05, 0) is 24.3 Å². The van der Waals surface area contributed by atoms with Crippen LogP contribution in [0.3, 0.4) is 0 Å². The Labute approximate surface area is 129 Å². The third kappa shape index (κ3) is 3.58. The molecule has 0 spiro atoms. The van der Waals surface area contributed by atoms with Gasteiger partial charge in [-0.2, -0.15) is 21.6 Å². The van der Waals surface area contributed by atoms with Crippen LogP contribution in [0.2, 0.25) is 0 Å². The van der Waals surface area contributed by atoms with E-state index in [9.17, 15) is 26.4 Å². The summed E-state index contributed by atoms with van der Waals surface area (Å²) in [5, 5.41) is 0. The number of hydrogen-bond donors (Lipinski definition) is 0. The van der Waals surface area contributed by atoms with Gasteiger partial charge in [0.05, 0.1) is 24.8 Å². The summed E-state index contributed by atoms with van der Waals surface area (Å²) < 4.78 is 73.8. The third-order valence-electron chi connectivity index (χ3n) is 2.85. The fourth-order valence-corrected chi connectivity index (χ4v) is 2.30. The van der Waals surface area contributed by atoms with E-state index in [0.717, 1.165) is 19.3 Å². The van der Waals surface area contributed by atoms with Crippen molar-refractivity contribution < 1.29 is 40.0 Å². The molecule has 126 valence electrons. The summed E-state index contributed by atoms with van der Waals surface area (Å²) in [6.07, 6.45) is 1.28. The molecule has 10 heteroatoms. The molecule has 6 nitrogen and oxygen atoms in total. The minimum atomic E-state index is -5.83. The second-order valence-electron chi connectivity index (χ2n) is 4.39. The highest BCUT2D eigenvalue weighted by atomic mass is 32.2. The second kappa shape index (κ2) is 6.11. The zero-order valence-electron chi connectivity index (χ0n) is 11.7. The molecular formula is C13H11F3O6S. The van der Waals surface area contributed by atoms with E-state index in [0.29, 0.717) is 0 Å². The lowest BCUT2D eigenvalue weighted by Crippen LogP contribution is -2.25. The Kier molecular flexibility index (Phi) is 4.55. The van der Waals surface area contributed by atoms with Gasteiger partial charge in [0, 0.05) is 6.42 Å². The molecule has 23 heavy (non-hydrogen) atoms. The summed E-state index contributed by atoms with van der Waals surface area (Å²) in [4.78, 5) is 11.5. The Bertz CT molecular complexity index is 751. The van der Waals surface area contributed by atoms with Crippen molar-refractivity contribution in [1.29, 1.82) is 0 Å². The van der Waals surface area contributed by atoms with Crippen LogP contribution >= 0.6 is 0 Å². The van der Waals surface area contributed by atoms with Gasteiger partial charge in [-0.3, -0.25) is 0 Å². The number of fused-ring (bicyclic) bond motifs is 1. The molecule has 0 aliphatic carbocycles. The Morgan fingerprint density at radius 2 is 2.00 bits per heavy atom. The van der Waals surface area contributed by atoms with E-state index in [1.54, 1.807) is 0 Å². The zero-order valence-corrected chi connectivity index (χ0v) is 12.5. The van der Waals surface area contributed by atoms with E-state index in [-0.39, 0.29) is 29.9 Å². The first-order valence-corrected chi connectivity index (χ1v) is 7.63. The van der Waals surface area contributed by atoms with E-state index < -0.39 is 27.4 Å². The van der Waals surface area contributed by atoms with Crippen molar-refractivity contribution in [2.75, 3.05) is 13.7 Å². The molecule has 0 saturated heterocycles. The number of rotatable bonds is 3. The molecule has 1 aliphatic heterocycles. The number of carbonyl (C=O) groups excluding carboxylic acids is 1. The molecule has 1 aromatic carbocycles. The standard InChI is InChI=1S/C13H11F3O6S/c1-20-12(17)8-4-5-10-9(7-8)11(3-2-6-21-10)22-23(18,19)13(14,15)16/h3-5,7H,2,6H2,1H3. The fourth-order valence-electron chi connectivity index (χ4n) is 1.81. The minimum absolute atomic E-state index is 0.00987. The van der Waals surface area contributed by atoms with Crippen LogP contribution in [0.1, 0.15) is 22.3 Å². The maximum absolute atomic E-state index is 12.5. The van der Waals surface area contributed by atoms with Gasteiger partial charge in [-0.1, -0.05) is 0 Å². The summed E-state index contributed by atoms with van der Waals surface area (Å²) >= 11 is 0. The van der Waals surface area contributed by atoms with Crippen LogP contribution in [0.25, 0.3) is 5.76 Å². The lowest BCUT2D eigenvalue weighted by atomic mass is 10.1. The number of alkyl halides is 3. The monoisotopic (exact) mass is 352 g/mol. The lowest BCUT2D eigenvalue weighted by molar-refractivity contribution is -0.0509. The third-order valence-corrected chi connectivity index (χ3v) is 3.82. The van der Waals surface area contributed by atoms with Gasteiger partial charge >= 0.3 is 21.6 Å². The predicted octanol–water partition coefficient (Wildman–Crippen LogP) is 2.46. The van der Waals surface area contributed by atoms with Crippen molar-refractivity contribution in [3.8, 4) is 5.75 Å². The number of hydrogen-bond acceptors (Lipinski definition) is 6. The minimum Gasteiger partial charge on any atom is -0.492 e. The molecule has 1 heterocycles. The van der Waals surface area contributed by atoms with Crippen molar-refractivity contribution in [1.82, 2.24) is 0 Å². The first kappa shape index (κ1) is 17.1. The molecular weight excluding hydrogens is 341 g/mol. The largest absolute Gasteiger partial charge is 0.534 e. The molecule has 0 fully saturated rings. The average Bonchev–Trinajstić information content (AvgIpc) is 2.67. The summed E-state index contributed by atoms with van der Waals surface area (Å²) in [6, 6.07) is 3.81. The molecule has 1 aliphatic rings. The number of carbonyl (C=O) groups is 1. The van der Waals surface area contributed by atoms with Gasteiger partial charge in [-0.25, -0.2) is 4.79 Å². The maximum atomic E-state index is 12.5. The van der Waals surface area contributed by atoms with Crippen molar-refractivity contribution in [3.05, 3.63) is 35.4 Å². The van der Waals surface area contributed by atoms with E-state index in [4.69, 9.17) is 4.74 Å². The quantitative estimate of drug-likeness (QED) is 0.472. The summed E-state index contributed by atoms with van der Waals surface area (Å²) in [5.41, 5.74) is -5.64. The topological polar surface area (TPSA) is 78.9 Å². The second-order valence-corrected chi connectivity index (χ2v) is 5.93. The lowest BCUT2D eigenvalue weighted by Gasteiger charge is -2.14. The Balaban J connectivity index is 2.48. The normalized spacial score (nSPS) is 14.9. The van der Waals surface area contributed by atoms with Gasteiger partial charge in [0.15, 0.2) is 0 Å². The summed E-state index contributed by atoms with van der Waals surface area (Å²) in [5.74, 6) is -1.20. The molecule has 0 aromatic heterocycles. The molecule has 0 radical (unpaired) electrons. The molecule has 0 N–H and O–H groups in total. The Morgan fingerprint density at radius 1 is 1.30 bits per heavy atom. The zero-order chi connectivity index (χ0) is 17.3. The first-order valence-electron chi connectivity index (χ1n) is 6.22. The molecule has 0 atom stereocenters. The molecule has 1 aromatic rings. The number of methoxy groups -OCH3 is 1. The molecule has 0 bridgehead atoms. The predicted molar refractivity (Wildman–Crippen MR) is 71.9 cm³/mol. The van der Waals surface area contributed by atoms with Crippen molar-refractivity contribution in [2.45, 2.75) is 11.9 Å². The maximum Gasteiger partial charge on any atom is 0.534 e. The van der Waals surface area contributed by atoms with Gasteiger partial charge in [0.25, 0.3) is 0 Å². The molecule has 2 rings (SSSR count). The van der Waals surface area contributed by atoms with E-state index in [1.165, 1.54) is 12.1 Å². The number of ether oxygens (including phenoxy) is 2. The van der Waals surface area contributed by atoms with Crippen molar-refractivity contribution in [3.63, 3.8) is 0 Å². The molecule has 0 saturated carbocycles. The first-order chi connectivity index (χ1) is 10.7. The highest BCUT2D eigenvalue weighted by Gasteiger charge is 2.49. The average molecular weight is 352 g/mol. The Morgan fingerprint density at radius 3 is 2.61 bits per heavy atom. The van der Waals surface area contributed by atoms with E-state index >= 15 is 0 Å². The summed E-state index contributed by atoms with van der Waals surface area (Å²) in [7, 11) is -4.70. The molecule has 0 unspecified atom stereocenters. The van der Waals surface area contributed by atoms with Gasteiger partial charge in [0.2, 0.25) is 0 Å².